The van der Waals surface area contributed by atoms with E-state index in [1.165, 1.54) is 0 Å². The minimum absolute atomic E-state index is 0.0331. The van der Waals surface area contributed by atoms with E-state index >= 15 is 0 Å². The first-order valence-electron chi connectivity index (χ1n) is 7.49. The number of benzene rings is 1. The number of amides is 1. The number of nitrogens with one attached hydrogen (secondary N) is 1. The van der Waals surface area contributed by atoms with E-state index < -0.39 is 0 Å². The Morgan fingerprint density at radius 3 is 2.55 bits per heavy atom. The normalized spacial score (nSPS) is 12.6. The van der Waals surface area contributed by atoms with Crippen LogP contribution < -0.4 is 10.9 Å². The third-order valence-electron chi connectivity index (χ3n) is 3.97. The van der Waals surface area contributed by atoms with E-state index in [1.807, 2.05) is 54.8 Å². The Labute approximate surface area is 128 Å². The van der Waals surface area contributed by atoms with Crippen LogP contribution >= 0.6 is 0 Å². The highest BCUT2D eigenvalue weighted by Crippen LogP contribution is 2.14. The first kappa shape index (κ1) is 14.4. The second-order valence-electron chi connectivity index (χ2n) is 5.52. The van der Waals surface area contributed by atoms with Gasteiger partial charge in [-0.2, -0.15) is 0 Å². The molecule has 0 aliphatic heterocycles. The second-order valence-corrected chi connectivity index (χ2v) is 5.52. The fourth-order valence-corrected chi connectivity index (χ4v) is 2.63. The second kappa shape index (κ2) is 5.67. The number of carbonyl (C=O) groups is 1. The standard InChI is InChI=1S/C17H19N3O2/c1-3-12(2)18-16(21)11-20-14-8-5-4-7-13(14)19-10-6-9-15(19)17(20)22/h4-10,12H,3,11H2,1-2H3,(H,18,21). The summed E-state index contributed by atoms with van der Waals surface area (Å²) in [5.74, 6) is -0.141. The van der Waals surface area contributed by atoms with Crippen LogP contribution in [0.4, 0.5) is 0 Å². The molecule has 0 radical (unpaired) electrons. The molecule has 0 fully saturated rings. The maximum atomic E-state index is 12.7. The summed E-state index contributed by atoms with van der Waals surface area (Å²) in [5.41, 5.74) is 2.10. The molecule has 3 aromatic rings. The summed E-state index contributed by atoms with van der Waals surface area (Å²) in [5, 5.41) is 2.91. The average Bonchev–Trinajstić information content (AvgIpc) is 3.01. The fourth-order valence-electron chi connectivity index (χ4n) is 2.63. The number of hydrogen-bond donors (Lipinski definition) is 1. The highest BCUT2D eigenvalue weighted by molar-refractivity contribution is 5.82. The summed E-state index contributed by atoms with van der Waals surface area (Å²) < 4.78 is 3.41. The van der Waals surface area contributed by atoms with Gasteiger partial charge in [0.25, 0.3) is 5.56 Å². The zero-order chi connectivity index (χ0) is 15.7. The monoisotopic (exact) mass is 297 g/mol. The molecule has 114 valence electrons. The van der Waals surface area contributed by atoms with Gasteiger partial charge in [0.1, 0.15) is 12.1 Å². The molecule has 0 bridgehead atoms. The Morgan fingerprint density at radius 2 is 1.82 bits per heavy atom. The molecule has 1 amide bonds. The van der Waals surface area contributed by atoms with E-state index in [2.05, 4.69) is 5.32 Å². The first-order chi connectivity index (χ1) is 10.6. The van der Waals surface area contributed by atoms with Crippen LogP contribution in [0.1, 0.15) is 20.3 Å². The number of aromatic nitrogens is 2. The van der Waals surface area contributed by atoms with Crippen molar-refractivity contribution in [2.75, 3.05) is 0 Å². The maximum absolute atomic E-state index is 12.7. The molecule has 1 aromatic carbocycles. The van der Waals surface area contributed by atoms with Crippen LogP contribution in [-0.4, -0.2) is 20.9 Å². The summed E-state index contributed by atoms with van der Waals surface area (Å²) >= 11 is 0. The van der Waals surface area contributed by atoms with Gasteiger partial charge >= 0.3 is 0 Å². The van der Waals surface area contributed by atoms with Crippen LogP contribution in [0.15, 0.2) is 47.4 Å². The molecule has 0 saturated heterocycles. The van der Waals surface area contributed by atoms with Gasteiger partial charge in [0.05, 0.1) is 11.0 Å². The van der Waals surface area contributed by atoms with Crippen LogP contribution in [0, 0.1) is 0 Å². The molecule has 22 heavy (non-hydrogen) atoms. The van der Waals surface area contributed by atoms with E-state index in [0.717, 1.165) is 17.5 Å². The van der Waals surface area contributed by atoms with Gasteiger partial charge in [-0.05, 0) is 37.6 Å². The Hall–Kier alpha value is -2.56. The third-order valence-corrected chi connectivity index (χ3v) is 3.97. The fraction of sp³-hybridized carbons (Fsp3) is 0.294. The van der Waals surface area contributed by atoms with Crippen LogP contribution in [-0.2, 0) is 11.3 Å². The average molecular weight is 297 g/mol. The highest BCUT2D eigenvalue weighted by Gasteiger charge is 2.13. The molecule has 0 saturated carbocycles. The molecule has 1 atom stereocenters. The summed E-state index contributed by atoms with van der Waals surface area (Å²) in [4.78, 5) is 24.8. The van der Waals surface area contributed by atoms with Crippen molar-refractivity contribution in [3.8, 4) is 0 Å². The van der Waals surface area contributed by atoms with Gasteiger partial charge in [0.15, 0.2) is 0 Å². The maximum Gasteiger partial charge on any atom is 0.275 e. The smallest absolute Gasteiger partial charge is 0.275 e. The molecular formula is C17H19N3O2. The van der Waals surface area contributed by atoms with Gasteiger partial charge in [0.2, 0.25) is 5.91 Å². The number of carbonyl (C=O) groups excluding carboxylic acids is 1. The molecule has 2 heterocycles. The lowest BCUT2D eigenvalue weighted by Crippen LogP contribution is -2.37. The van der Waals surface area contributed by atoms with Crippen molar-refractivity contribution >= 4 is 22.5 Å². The quantitative estimate of drug-likeness (QED) is 0.802. The van der Waals surface area contributed by atoms with Gasteiger partial charge < -0.3 is 9.72 Å². The summed E-state index contributed by atoms with van der Waals surface area (Å²) in [7, 11) is 0. The Bertz CT molecular complexity index is 892. The predicted molar refractivity (Wildman–Crippen MR) is 87.1 cm³/mol. The van der Waals surface area contributed by atoms with Crippen molar-refractivity contribution in [2.24, 2.45) is 0 Å². The van der Waals surface area contributed by atoms with Crippen LogP contribution in [0.3, 0.4) is 0 Å². The van der Waals surface area contributed by atoms with Crippen molar-refractivity contribution in [3.63, 3.8) is 0 Å². The van der Waals surface area contributed by atoms with E-state index in [4.69, 9.17) is 0 Å². The zero-order valence-corrected chi connectivity index (χ0v) is 12.7. The molecule has 1 unspecified atom stereocenters. The Balaban J connectivity index is 2.13. The van der Waals surface area contributed by atoms with E-state index in [0.29, 0.717) is 5.52 Å². The van der Waals surface area contributed by atoms with Gasteiger partial charge in [-0.15, -0.1) is 0 Å². The molecule has 3 rings (SSSR count). The van der Waals surface area contributed by atoms with Gasteiger partial charge in [-0.3, -0.25) is 14.2 Å². The first-order valence-corrected chi connectivity index (χ1v) is 7.49. The number of para-hydroxylation sites is 2. The van der Waals surface area contributed by atoms with Gasteiger partial charge in [-0.1, -0.05) is 19.1 Å². The highest BCUT2D eigenvalue weighted by atomic mass is 16.2. The lowest BCUT2D eigenvalue weighted by molar-refractivity contribution is -0.122. The molecule has 1 N–H and O–H groups in total. The van der Waals surface area contributed by atoms with E-state index in [1.54, 1.807) is 10.6 Å². The third kappa shape index (κ3) is 2.39. The number of nitrogens with zero attached hydrogens (tertiary/aromatic N) is 2. The summed E-state index contributed by atoms with van der Waals surface area (Å²) in [6, 6.07) is 11.3. The SMILES string of the molecule is CCC(C)NC(=O)Cn1c(=O)c2cccn2c2ccccc21. The van der Waals surface area contributed by atoms with E-state index in [-0.39, 0.29) is 24.1 Å². The van der Waals surface area contributed by atoms with Crippen LogP contribution in [0.5, 0.6) is 0 Å². The molecule has 5 heteroatoms. The van der Waals surface area contributed by atoms with E-state index in [9.17, 15) is 9.59 Å². The summed E-state index contributed by atoms with van der Waals surface area (Å²) in [6.45, 7) is 4.00. The lowest BCUT2D eigenvalue weighted by Gasteiger charge is -2.15. The van der Waals surface area contributed by atoms with Crippen molar-refractivity contribution in [1.29, 1.82) is 0 Å². The Morgan fingerprint density at radius 1 is 1.14 bits per heavy atom. The Kier molecular flexibility index (Phi) is 3.71. The van der Waals surface area contributed by atoms with Gasteiger partial charge in [0, 0.05) is 12.2 Å². The molecular weight excluding hydrogens is 278 g/mol. The molecule has 0 aliphatic rings. The van der Waals surface area contributed by atoms with Crippen molar-refractivity contribution in [3.05, 3.63) is 52.9 Å². The minimum Gasteiger partial charge on any atom is -0.352 e. The van der Waals surface area contributed by atoms with Crippen LogP contribution in [0.25, 0.3) is 16.6 Å². The number of hydrogen-bond acceptors (Lipinski definition) is 2. The lowest BCUT2D eigenvalue weighted by atomic mass is 10.2. The summed E-state index contributed by atoms with van der Waals surface area (Å²) in [6.07, 6.45) is 2.72. The molecule has 0 aliphatic carbocycles. The zero-order valence-electron chi connectivity index (χ0n) is 12.7. The molecule has 2 aromatic heterocycles. The largest absolute Gasteiger partial charge is 0.352 e. The molecule has 5 nitrogen and oxygen atoms in total. The van der Waals surface area contributed by atoms with Crippen LogP contribution in [0.2, 0.25) is 0 Å². The molecule has 0 spiro atoms. The number of rotatable bonds is 4. The van der Waals surface area contributed by atoms with Crippen molar-refractivity contribution < 1.29 is 4.79 Å². The van der Waals surface area contributed by atoms with Crippen molar-refractivity contribution in [1.82, 2.24) is 14.3 Å². The predicted octanol–water partition coefficient (Wildman–Crippen LogP) is 2.17. The topological polar surface area (TPSA) is 55.5 Å². The van der Waals surface area contributed by atoms with Crippen molar-refractivity contribution in [2.45, 2.75) is 32.9 Å². The minimum atomic E-state index is -0.150. The van der Waals surface area contributed by atoms with Gasteiger partial charge in [-0.25, -0.2) is 0 Å². The number of fused-ring (bicyclic) bond motifs is 3.